The summed E-state index contributed by atoms with van der Waals surface area (Å²) in [7, 11) is 9.38. The van der Waals surface area contributed by atoms with Gasteiger partial charge in [0.1, 0.15) is 0 Å². The lowest BCUT2D eigenvalue weighted by atomic mass is 10.1. The monoisotopic (exact) mass is 1990 g/mol. The number of likely N-dealkylation sites (N-methyl/N-ethyl adjacent to an activating group) is 2. The molecule has 4 saturated heterocycles. The van der Waals surface area contributed by atoms with Gasteiger partial charge in [0.2, 0.25) is 17.7 Å². The molecule has 13 amide bonds. The van der Waals surface area contributed by atoms with Crippen LogP contribution in [-0.4, -0.2) is 354 Å². The Kier molecular flexibility index (Phi) is 34.2. The van der Waals surface area contributed by atoms with E-state index in [0.717, 1.165) is 0 Å². The Morgan fingerprint density at radius 2 is 0.623 bits per heavy atom. The minimum atomic E-state index is -2.10. The Morgan fingerprint density at radius 3 is 0.870 bits per heavy atom. The number of anilines is 4. The number of primary amides is 1. The summed E-state index contributed by atoms with van der Waals surface area (Å²) in [4.78, 5) is 244. The van der Waals surface area contributed by atoms with E-state index in [-0.39, 0.29) is 152 Å². The van der Waals surface area contributed by atoms with E-state index in [1.165, 1.54) is 56.5 Å². The van der Waals surface area contributed by atoms with Gasteiger partial charge in [0.25, 0.3) is 82.2 Å². The number of carbonyl (C=O) groups excluding carboxylic acids is 17. The number of H-pyrrole nitrogens is 4. The molecule has 13 N–H and O–H groups in total. The smallest absolute Gasteiger partial charge is 0.295 e. The fraction of sp³-hybridized carbons (Fsp3) is 0.318. The van der Waals surface area contributed by atoms with Gasteiger partial charge >= 0.3 is 0 Å². The van der Waals surface area contributed by atoms with E-state index in [1.54, 1.807) is 167 Å². The van der Waals surface area contributed by atoms with Crippen LogP contribution in [0, 0.1) is 0 Å². The fourth-order valence-electron chi connectivity index (χ4n) is 17.7. The summed E-state index contributed by atoms with van der Waals surface area (Å²) < 4.78 is 0.479. The van der Waals surface area contributed by atoms with Crippen LogP contribution in [0.1, 0.15) is 131 Å². The summed E-state index contributed by atoms with van der Waals surface area (Å²) in [5.41, 5.74) is 11.7. The first kappa shape index (κ1) is 107. The average Bonchev–Trinajstić information content (AvgIpc) is 1.65. The molecule has 4 aliphatic rings. The zero-order valence-electron chi connectivity index (χ0n) is 83.2. The quantitative estimate of drug-likeness (QED) is 0.0149. The predicted octanol–water partition coefficient (Wildman–Crippen LogP) is 7.51. The predicted molar refractivity (Wildman–Crippen MR) is 550 cm³/mol. The van der Waals surface area contributed by atoms with Crippen LogP contribution >= 0.6 is 0 Å². The number of hydrogen-bond donors (Lipinski definition) is 12. The number of ketones is 4. The van der Waals surface area contributed by atoms with E-state index < -0.39 is 76.8 Å². The molecule has 39 heteroatoms. The molecular formula is C107H121N20O19+. The molecule has 0 aliphatic carbocycles. The van der Waals surface area contributed by atoms with Crippen LogP contribution in [0.5, 0.6) is 0 Å². The lowest BCUT2D eigenvalue weighted by molar-refractivity contribution is -0.861. The molecule has 2 unspecified atom stereocenters. The van der Waals surface area contributed by atoms with Crippen LogP contribution < -0.4 is 32.3 Å². The number of aromatic nitrogens is 4. The number of benzene rings is 8. The van der Waals surface area contributed by atoms with Gasteiger partial charge in [0.15, 0.2) is 18.8 Å². The summed E-state index contributed by atoms with van der Waals surface area (Å²) in [6.07, 6.45) is 1.67. The molecule has 0 spiro atoms. The van der Waals surface area contributed by atoms with Gasteiger partial charge in [-0.1, -0.05) is 121 Å². The molecule has 4 fully saturated rings. The van der Waals surface area contributed by atoms with Crippen molar-refractivity contribution in [2.45, 2.75) is 90.4 Å². The molecule has 39 nitrogen and oxygen atoms in total. The summed E-state index contributed by atoms with van der Waals surface area (Å²) in [5, 5.41) is 35.5. The number of hydrogen-bond acceptors (Lipinski definition) is 21. The maximum atomic E-state index is 13.3. The number of carbonyl (C=O) groups is 17. The average molecular weight is 1990 g/mol. The second-order valence-electron chi connectivity index (χ2n) is 38.6. The Hall–Kier alpha value is -16.5. The number of nitrogens with one attached hydrogen (secondary N) is 9. The summed E-state index contributed by atoms with van der Waals surface area (Å²) in [5.74, 6) is -8.47. The zero-order chi connectivity index (χ0) is 105. The van der Waals surface area contributed by atoms with E-state index in [9.17, 15) is 91.7 Å². The van der Waals surface area contributed by atoms with Crippen molar-refractivity contribution in [3.05, 3.63) is 263 Å². The van der Waals surface area contributed by atoms with Crippen molar-refractivity contribution in [3.8, 4) is 0 Å². The number of piperazine rings is 4. The number of quaternary nitrogens is 1. The number of Topliss-reactive ketones (excluding diaryl/α,β-unsaturated/α-hetero) is 4. The highest BCUT2D eigenvalue weighted by molar-refractivity contribution is 6.47. The van der Waals surface area contributed by atoms with Crippen molar-refractivity contribution in [1.29, 1.82) is 0 Å². The topological polar surface area (TPSA) is 509 Å². The minimum absolute atomic E-state index is 0.0776. The zero-order valence-corrected chi connectivity index (χ0v) is 83.2. The molecule has 0 radical (unpaired) electrons. The van der Waals surface area contributed by atoms with Crippen LogP contribution in [0.2, 0.25) is 0 Å². The SMILES string of the molecule is C[C@@H]1CN(C(=O)c2ccccc2)CCN1C(=O)C(=O)c1c[nH]c2c(NC(=O)C(O)C(O)C(N)=O)cccc12.C[C@@H]1CN(C(=O)c2ccccc2)CCN1C(=O)C(=O)c1c[nH]c2c(NC(=O)CN(C)C)cccc12.C[C@@H]1CN(C(=O)c2ccccc2)CCN1C(=O)C(=O)c1c[nH]c2c(NC(=O)CNC(C)(C)C)cccc12.C[C@@H]1CN(C(=O)c2ccccc2)CCN1C(=O)C(=O)c1c[nH]c2c(NC(=O)C[N+](C)(C)C)cccc12. The lowest BCUT2D eigenvalue weighted by Crippen LogP contribution is -2.56. The lowest BCUT2D eigenvalue weighted by Gasteiger charge is -2.39. The largest absolute Gasteiger partial charge is 0.380 e. The second-order valence-corrected chi connectivity index (χ2v) is 38.6. The fourth-order valence-corrected chi connectivity index (χ4v) is 17.7. The van der Waals surface area contributed by atoms with Crippen LogP contribution in [0.3, 0.4) is 0 Å². The van der Waals surface area contributed by atoms with Crippen molar-refractivity contribution in [2.24, 2.45) is 5.73 Å². The third kappa shape index (κ3) is 25.6. The molecule has 8 aromatic carbocycles. The number of aromatic amines is 4. The van der Waals surface area contributed by atoms with Gasteiger partial charge in [-0.3, -0.25) is 81.5 Å². The number of fused-ring (bicyclic) bond motifs is 4. The first-order valence-electron chi connectivity index (χ1n) is 47.7. The van der Waals surface area contributed by atoms with Crippen molar-refractivity contribution in [3.63, 3.8) is 0 Å². The van der Waals surface area contributed by atoms with Crippen molar-refractivity contribution < 1.29 is 96.2 Å². The molecule has 146 heavy (non-hydrogen) atoms. The van der Waals surface area contributed by atoms with Crippen molar-refractivity contribution in [2.75, 3.05) is 155 Å². The third-order valence-electron chi connectivity index (χ3n) is 25.2. The van der Waals surface area contributed by atoms with Gasteiger partial charge < -0.3 is 111 Å². The van der Waals surface area contributed by atoms with E-state index >= 15 is 0 Å². The van der Waals surface area contributed by atoms with Crippen LogP contribution in [0.25, 0.3) is 43.6 Å². The van der Waals surface area contributed by atoms with E-state index in [4.69, 9.17) is 5.73 Å². The molecule has 4 aliphatic heterocycles. The Bertz CT molecular complexity index is 6950. The number of aliphatic hydroxyl groups excluding tert-OH is 2. The Morgan fingerprint density at radius 1 is 0.363 bits per heavy atom. The molecule has 762 valence electrons. The molecular weight excluding hydrogens is 1870 g/mol. The third-order valence-corrected chi connectivity index (χ3v) is 25.2. The van der Waals surface area contributed by atoms with Crippen LogP contribution in [0.15, 0.2) is 219 Å². The second kappa shape index (κ2) is 46.7. The maximum Gasteiger partial charge on any atom is 0.295 e. The summed E-state index contributed by atoms with van der Waals surface area (Å²) >= 11 is 0. The first-order valence-corrected chi connectivity index (χ1v) is 47.7. The number of rotatable bonds is 25. The molecule has 6 atom stereocenters. The van der Waals surface area contributed by atoms with Crippen LogP contribution in [-0.2, 0) is 43.2 Å². The van der Waals surface area contributed by atoms with E-state index in [0.29, 0.717) is 127 Å². The van der Waals surface area contributed by atoms with E-state index in [1.807, 2.05) is 123 Å². The number of amides is 13. The maximum absolute atomic E-state index is 13.3. The Balaban J connectivity index is 0.000000163. The molecule has 4 aromatic heterocycles. The highest BCUT2D eigenvalue weighted by Crippen LogP contribution is 2.34. The first-order chi connectivity index (χ1) is 69.4. The highest BCUT2D eigenvalue weighted by Gasteiger charge is 2.41. The number of aliphatic hydroxyl groups is 2. The summed E-state index contributed by atoms with van der Waals surface area (Å²) in [6.45, 7) is 17.5. The van der Waals surface area contributed by atoms with Gasteiger partial charge in [0, 0.05) is 177 Å². The molecule has 8 heterocycles. The number of nitrogens with two attached hydrogens (primary N) is 1. The normalized spacial score (nSPS) is 16.3. The molecule has 0 bridgehead atoms. The standard InChI is InChI=1S/C28H33N5O4.C27H31N5O4.C26H27N5O7.C26H29N5O4/c1-18-17-32(26(36)19-9-6-5-7-10-19)13-14-33(18)27(37)25(35)21-15-29-24-20(21)11-8-12-22(24)31-23(34)16-30-28(2,3)4;1-18-16-30(26(35)19-9-6-5-7-10-19)13-14-31(18)27(36)25(34)21-15-28-24-20(21)11-8-12-22(24)29-23(33)17-32(2,3)4;1-14-13-30(25(37)15-6-3-2-4-7-15)10-11-31(14)26(38)20(32)17-12-28-19-16(17)8-5-9-18(19)29-24(36)22(34)21(33)23(27)35;1-17-15-30(25(34)18-8-5-4-6-9-18)12-13-31(17)26(35)24(33)20-14-27-23-19(20)10-7-11-21(23)28-22(32)16-29(2)3/h5-12,15,18,29-30H,13-14,16-17H2,1-4H3,(H,31,34);5-12,15,18H,13-14,16-17H2,1-4H3,(H-,28,29,33,34,36);2-9,12,14,21-22,28,33-34H,10-11,13H2,1H3,(H2,27,35)(H,29,36);4-11,14,17,27H,12-13,15-16H2,1-3H3,(H,28,32)/p+1/t2*18-;14-,21?,22?;17-/m1111/s1. The summed E-state index contributed by atoms with van der Waals surface area (Å²) in [6, 6.07) is 54.8. The van der Waals surface area contributed by atoms with Gasteiger partial charge in [0.05, 0.1) is 101 Å². The van der Waals surface area contributed by atoms with Crippen molar-refractivity contribution in [1.82, 2.24) is 69.4 Å². The van der Waals surface area contributed by atoms with Crippen LogP contribution in [0.4, 0.5) is 22.7 Å². The number of para-hydroxylation sites is 4. The van der Waals surface area contributed by atoms with E-state index in [2.05, 4.69) is 46.5 Å². The molecule has 16 rings (SSSR count). The molecule has 0 saturated carbocycles. The van der Waals surface area contributed by atoms with Gasteiger partial charge in [-0.15, -0.1) is 0 Å². The van der Waals surface area contributed by atoms with Crippen molar-refractivity contribution >= 4 is 166 Å². The Labute approximate surface area is 841 Å². The molecule has 12 aromatic rings. The number of nitrogens with zero attached hydrogens (tertiary/aromatic N) is 10. The minimum Gasteiger partial charge on any atom is -0.380 e. The van der Waals surface area contributed by atoms with Gasteiger partial charge in [-0.2, -0.15) is 0 Å². The highest BCUT2D eigenvalue weighted by atomic mass is 16.3. The van der Waals surface area contributed by atoms with Gasteiger partial charge in [-0.25, -0.2) is 0 Å². The van der Waals surface area contributed by atoms with Gasteiger partial charge in [-0.05, 0) is 135 Å².